The predicted octanol–water partition coefficient (Wildman–Crippen LogP) is 4.18. The van der Waals surface area contributed by atoms with Gasteiger partial charge in [0.05, 0.1) is 10.7 Å². The first-order valence-electron chi connectivity index (χ1n) is 10.0. The third-order valence-corrected chi connectivity index (χ3v) is 6.70. The van der Waals surface area contributed by atoms with E-state index in [4.69, 9.17) is 0 Å². The number of nitrogens with one attached hydrogen (secondary N) is 1. The van der Waals surface area contributed by atoms with Crippen molar-refractivity contribution < 1.29 is 4.79 Å². The van der Waals surface area contributed by atoms with E-state index in [2.05, 4.69) is 29.0 Å². The molecule has 1 aromatic heterocycles. The van der Waals surface area contributed by atoms with Gasteiger partial charge in [0.15, 0.2) is 0 Å². The van der Waals surface area contributed by atoms with Crippen LogP contribution < -0.4 is 5.32 Å². The number of nitrogens with zero attached hydrogens (tertiary/aromatic N) is 2. The van der Waals surface area contributed by atoms with Gasteiger partial charge in [0, 0.05) is 31.6 Å². The maximum absolute atomic E-state index is 12.7. The van der Waals surface area contributed by atoms with Crippen molar-refractivity contribution in [2.45, 2.75) is 84.2 Å². The van der Waals surface area contributed by atoms with Crippen LogP contribution in [-0.2, 0) is 6.42 Å². The molecule has 1 aliphatic carbocycles. The highest BCUT2D eigenvalue weighted by atomic mass is 32.1. The van der Waals surface area contributed by atoms with Gasteiger partial charge in [-0.15, -0.1) is 11.3 Å². The molecule has 1 N–H and O–H groups in total. The maximum atomic E-state index is 12.7. The second-order valence-corrected chi connectivity index (χ2v) is 9.30. The summed E-state index contributed by atoms with van der Waals surface area (Å²) >= 11 is 1.57. The summed E-state index contributed by atoms with van der Waals surface area (Å²) in [5.41, 5.74) is 0.886. The first-order valence-corrected chi connectivity index (χ1v) is 10.9. The Morgan fingerprint density at radius 2 is 1.96 bits per heavy atom. The molecule has 1 saturated carbocycles. The molecule has 4 nitrogen and oxygen atoms in total. The molecule has 0 bridgehead atoms. The Morgan fingerprint density at radius 3 is 2.64 bits per heavy atom. The summed E-state index contributed by atoms with van der Waals surface area (Å²) in [4.78, 5) is 20.7. The number of likely N-dealkylation sites (tertiary alicyclic amines) is 1. The highest BCUT2D eigenvalue weighted by Gasteiger charge is 2.30. The molecule has 5 heteroatoms. The van der Waals surface area contributed by atoms with E-state index in [1.807, 2.05) is 6.92 Å². The van der Waals surface area contributed by atoms with Gasteiger partial charge in [-0.3, -0.25) is 9.69 Å². The number of aryl methyl sites for hydroxylation is 1. The standard InChI is InChI=1S/C20H33N3OS/c1-14(2)12-18-21-15(3)19(25-18)20(24)22-16-10-11-23(13-16)17-8-6-4-5-7-9-17/h14,16-17H,4-13H2,1-3H3,(H,22,24). The van der Waals surface area contributed by atoms with Crippen molar-refractivity contribution in [3.63, 3.8) is 0 Å². The Morgan fingerprint density at radius 1 is 1.24 bits per heavy atom. The third kappa shape index (κ3) is 5.04. The number of amides is 1. The highest BCUT2D eigenvalue weighted by Crippen LogP contribution is 2.26. The molecule has 0 radical (unpaired) electrons. The molecular weight excluding hydrogens is 330 g/mol. The van der Waals surface area contributed by atoms with Crippen LogP contribution in [0.3, 0.4) is 0 Å². The van der Waals surface area contributed by atoms with Crippen molar-refractivity contribution in [3.05, 3.63) is 15.6 Å². The lowest BCUT2D eigenvalue weighted by Crippen LogP contribution is -2.39. The van der Waals surface area contributed by atoms with Crippen molar-refractivity contribution in [3.8, 4) is 0 Å². The van der Waals surface area contributed by atoms with Crippen LogP contribution in [-0.4, -0.2) is 41.0 Å². The van der Waals surface area contributed by atoms with Crippen LogP contribution in [0.1, 0.15) is 79.2 Å². The Kier molecular flexibility index (Phi) is 6.50. The van der Waals surface area contributed by atoms with E-state index in [9.17, 15) is 4.79 Å². The van der Waals surface area contributed by atoms with Crippen LogP contribution >= 0.6 is 11.3 Å². The second-order valence-electron chi connectivity index (χ2n) is 8.22. The van der Waals surface area contributed by atoms with E-state index >= 15 is 0 Å². The molecule has 25 heavy (non-hydrogen) atoms. The van der Waals surface area contributed by atoms with Crippen LogP contribution in [0, 0.1) is 12.8 Å². The number of rotatable bonds is 5. The molecule has 0 aromatic carbocycles. The topological polar surface area (TPSA) is 45.2 Å². The largest absolute Gasteiger partial charge is 0.347 e. The molecule has 1 unspecified atom stereocenters. The van der Waals surface area contributed by atoms with Crippen LogP contribution in [0.25, 0.3) is 0 Å². The van der Waals surface area contributed by atoms with Gasteiger partial charge in [0.2, 0.25) is 0 Å². The van der Waals surface area contributed by atoms with Gasteiger partial charge < -0.3 is 5.32 Å². The van der Waals surface area contributed by atoms with Gasteiger partial charge in [0.1, 0.15) is 4.88 Å². The number of hydrogen-bond donors (Lipinski definition) is 1. The third-order valence-electron chi connectivity index (χ3n) is 5.53. The summed E-state index contributed by atoms with van der Waals surface area (Å²) in [7, 11) is 0. The lowest BCUT2D eigenvalue weighted by Gasteiger charge is -2.26. The Labute approximate surface area is 156 Å². The summed E-state index contributed by atoms with van der Waals surface area (Å²) in [5.74, 6) is 0.655. The fourth-order valence-corrected chi connectivity index (χ4v) is 5.39. The fraction of sp³-hybridized carbons (Fsp3) is 0.800. The van der Waals surface area contributed by atoms with Crippen LogP contribution in [0.15, 0.2) is 0 Å². The van der Waals surface area contributed by atoms with Crippen molar-refractivity contribution in [1.82, 2.24) is 15.2 Å². The minimum atomic E-state index is 0.0812. The first-order chi connectivity index (χ1) is 12.0. The van der Waals surface area contributed by atoms with Gasteiger partial charge in [0.25, 0.3) is 5.91 Å². The van der Waals surface area contributed by atoms with E-state index in [0.717, 1.165) is 47.6 Å². The van der Waals surface area contributed by atoms with Gasteiger partial charge in [-0.05, 0) is 32.1 Å². The lowest BCUT2D eigenvalue weighted by molar-refractivity contribution is 0.0939. The summed E-state index contributed by atoms with van der Waals surface area (Å²) in [6.07, 6.45) is 10.3. The number of thiazole rings is 1. The minimum absolute atomic E-state index is 0.0812. The van der Waals surface area contributed by atoms with E-state index < -0.39 is 0 Å². The second kappa shape index (κ2) is 8.63. The zero-order valence-corrected chi connectivity index (χ0v) is 16.8. The molecule has 140 valence electrons. The van der Waals surface area contributed by atoms with Crippen molar-refractivity contribution >= 4 is 17.2 Å². The summed E-state index contributed by atoms with van der Waals surface area (Å²) in [6, 6.07) is 1.04. The molecule has 0 spiro atoms. The van der Waals surface area contributed by atoms with E-state index in [1.54, 1.807) is 11.3 Å². The molecule has 3 rings (SSSR count). The molecule has 1 aromatic rings. The zero-order chi connectivity index (χ0) is 17.8. The molecule has 1 saturated heterocycles. The molecule has 2 aliphatic rings. The van der Waals surface area contributed by atoms with E-state index in [1.165, 1.54) is 38.5 Å². The van der Waals surface area contributed by atoms with Gasteiger partial charge in [-0.25, -0.2) is 4.98 Å². The number of aromatic nitrogens is 1. The number of hydrogen-bond acceptors (Lipinski definition) is 4. The average molecular weight is 364 g/mol. The van der Waals surface area contributed by atoms with Crippen LogP contribution in [0.4, 0.5) is 0 Å². The zero-order valence-electron chi connectivity index (χ0n) is 16.0. The van der Waals surface area contributed by atoms with Crippen molar-refractivity contribution in [2.24, 2.45) is 5.92 Å². The Balaban J connectivity index is 1.54. The van der Waals surface area contributed by atoms with E-state index in [-0.39, 0.29) is 5.91 Å². The summed E-state index contributed by atoms with van der Waals surface area (Å²) < 4.78 is 0. The normalized spacial score (nSPS) is 23.1. The maximum Gasteiger partial charge on any atom is 0.263 e. The lowest BCUT2D eigenvalue weighted by atomic mass is 10.1. The predicted molar refractivity (Wildman–Crippen MR) is 104 cm³/mol. The fourth-order valence-electron chi connectivity index (χ4n) is 4.21. The molecule has 1 aliphatic heterocycles. The van der Waals surface area contributed by atoms with E-state index in [0.29, 0.717) is 12.0 Å². The first kappa shape index (κ1) is 18.8. The molecule has 1 atom stereocenters. The SMILES string of the molecule is Cc1nc(CC(C)C)sc1C(=O)NC1CCN(C2CCCCCC2)C1. The summed E-state index contributed by atoms with van der Waals surface area (Å²) in [5, 5.41) is 4.36. The molecule has 2 heterocycles. The Bertz CT molecular complexity index is 575. The molecule has 1 amide bonds. The van der Waals surface area contributed by atoms with Gasteiger partial charge in [-0.2, -0.15) is 0 Å². The average Bonchev–Trinajstić information content (AvgIpc) is 3.04. The quantitative estimate of drug-likeness (QED) is 0.798. The molecular formula is C20H33N3OS. The highest BCUT2D eigenvalue weighted by molar-refractivity contribution is 7.13. The van der Waals surface area contributed by atoms with Crippen LogP contribution in [0.5, 0.6) is 0 Å². The van der Waals surface area contributed by atoms with Gasteiger partial charge >= 0.3 is 0 Å². The Hall–Kier alpha value is -0.940. The van der Waals surface area contributed by atoms with Crippen LogP contribution in [0.2, 0.25) is 0 Å². The summed E-state index contributed by atoms with van der Waals surface area (Å²) in [6.45, 7) is 8.50. The smallest absolute Gasteiger partial charge is 0.263 e. The monoisotopic (exact) mass is 363 g/mol. The van der Waals surface area contributed by atoms with Crippen molar-refractivity contribution in [2.75, 3.05) is 13.1 Å². The minimum Gasteiger partial charge on any atom is -0.347 e. The van der Waals surface area contributed by atoms with Gasteiger partial charge in [-0.1, -0.05) is 39.5 Å². The van der Waals surface area contributed by atoms with Crippen molar-refractivity contribution in [1.29, 1.82) is 0 Å². The molecule has 2 fully saturated rings. The number of carbonyl (C=O) groups excluding carboxylic acids is 1. The number of carbonyl (C=O) groups is 1.